The number of amides is 1. The van der Waals surface area contributed by atoms with Gasteiger partial charge in [-0.1, -0.05) is 18.2 Å². The Hall–Kier alpha value is -1.55. The summed E-state index contributed by atoms with van der Waals surface area (Å²) in [5, 5.41) is 2.89. The lowest BCUT2D eigenvalue weighted by molar-refractivity contribution is -0.243. The first kappa shape index (κ1) is 21.7. The Morgan fingerprint density at radius 1 is 0.967 bits per heavy atom. The predicted molar refractivity (Wildman–Crippen MR) is 107 cm³/mol. The molecule has 1 amide bonds. The van der Waals surface area contributed by atoms with Crippen molar-refractivity contribution in [1.82, 2.24) is 5.32 Å². The average Bonchev–Trinajstić information content (AvgIpc) is 3.19. The van der Waals surface area contributed by atoms with E-state index in [1.54, 1.807) is 12.1 Å². The molecule has 0 aromatic heterocycles. The lowest BCUT2D eigenvalue weighted by atomic mass is 9.99. The van der Waals surface area contributed by atoms with Gasteiger partial charge in [0, 0.05) is 18.7 Å². The van der Waals surface area contributed by atoms with Crippen molar-refractivity contribution in [3.63, 3.8) is 0 Å². The molecule has 8 heteroatoms. The number of ether oxygens (including phenoxy) is 6. The summed E-state index contributed by atoms with van der Waals surface area (Å²) in [6, 6.07) is 9.15. The molecule has 166 valence electrons. The standard InChI is InChI=1S/C22H31NO7/c1-21(2)27-16-15(26-20-18(17(16)28-21)29-22(3,4)30-20)13-25-12-8-11-23-19(24)14-9-6-5-7-10-14/h5-7,9-10,15-18,20H,8,11-13H2,1-4H3,(H,23,24). The van der Waals surface area contributed by atoms with Crippen molar-refractivity contribution in [2.45, 2.75) is 76.4 Å². The van der Waals surface area contributed by atoms with Gasteiger partial charge in [0.1, 0.15) is 24.4 Å². The van der Waals surface area contributed by atoms with Crippen LogP contribution in [0.25, 0.3) is 0 Å². The van der Waals surface area contributed by atoms with Crippen LogP contribution in [-0.4, -0.2) is 67.9 Å². The van der Waals surface area contributed by atoms with E-state index in [0.717, 1.165) is 0 Å². The summed E-state index contributed by atoms with van der Waals surface area (Å²) in [6.07, 6.45) is -1.06. The van der Waals surface area contributed by atoms with E-state index in [0.29, 0.717) is 31.7 Å². The third-order valence-corrected chi connectivity index (χ3v) is 5.32. The van der Waals surface area contributed by atoms with Gasteiger partial charge in [-0.2, -0.15) is 0 Å². The second-order valence-corrected chi connectivity index (χ2v) is 8.76. The SMILES string of the molecule is CC1(C)OC2OC(COCCCNC(=O)c3ccccc3)C3OC(C)(C)OC3C2O1. The Kier molecular flexibility index (Phi) is 6.16. The zero-order valence-corrected chi connectivity index (χ0v) is 18.0. The van der Waals surface area contributed by atoms with Gasteiger partial charge in [-0.05, 0) is 46.2 Å². The third kappa shape index (κ3) is 4.85. The minimum absolute atomic E-state index is 0.0835. The van der Waals surface area contributed by atoms with E-state index in [-0.39, 0.29) is 30.3 Å². The molecule has 4 rings (SSSR count). The number of fused-ring (bicyclic) bond motifs is 3. The zero-order valence-electron chi connectivity index (χ0n) is 18.0. The fourth-order valence-electron chi connectivity index (χ4n) is 4.09. The molecule has 0 saturated carbocycles. The second kappa shape index (κ2) is 8.53. The molecule has 1 N–H and O–H groups in total. The fraction of sp³-hybridized carbons (Fsp3) is 0.682. The first-order chi connectivity index (χ1) is 14.2. The van der Waals surface area contributed by atoms with Crippen molar-refractivity contribution in [3.8, 4) is 0 Å². The van der Waals surface area contributed by atoms with Gasteiger partial charge in [0.2, 0.25) is 0 Å². The molecule has 0 aliphatic carbocycles. The summed E-state index contributed by atoms with van der Waals surface area (Å²) in [7, 11) is 0. The predicted octanol–water partition coefficient (Wildman–Crippen LogP) is 2.22. The van der Waals surface area contributed by atoms with Crippen LogP contribution >= 0.6 is 0 Å². The lowest BCUT2D eigenvalue weighted by Gasteiger charge is -2.37. The highest BCUT2D eigenvalue weighted by atomic mass is 16.9. The van der Waals surface area contributed by atoms with E-state index < -0.39 is 17.9 Å². The highest BCUT2D eigenvalue weighted by Gasteiger charge is 2.60. The van der Waals surface area contributed by atoms with Crippen molar-refractivity contribution in [3.05, 3.63) is 35.9 Å². The number of rotatable bonds is 7. The minimum atomic E-state index is -0.733. The molecule has 5 atom stereocenters. The normalized spacial score (nSPS) is 33.7. The Bertz CT molecular complexity index is 738. The van der Waals surface area contributed by atoms with Crippen molar-refractivity contribution in [1.29, 1.82) is 0 Å². The van der Waals surface area contributed by atoms with Crippen molar-refractivity contribution >= 4 is 5.91 Å². The maximum Gasteiger partial charge on any atom is 0.251 e. The summed E-state index contributed by atoms with van der Waals surface area (Å²) in [5.41, 5.74) is 0.650. The summed E-state index contributed by atoms with van der Waals surface area (Å²) < 4.78 is 36.0. The molecule has 1 aromatic carbocycles. The molecule has 3 heterocycles. The van der Waals surface area contributed by atoms with Crippen LogP contribution in [-0.2, 0) is 28.4 Å². The first-order valence-corrected chi connectivity index (χ1v) is 10.5. The van der Waals surface area contributed by atoms with Gasteiger partial charge < -0.3 is 33.7 Å². The molecule has 5 unspecified atom stereocenters. The van der Waals surface area contributed by atoms with Crippen LogP contribution < -0.4 is 5.32 Å². The zero-order chi connectivity index (χ0) is 21.4. The fourth-order valence-corrected chi connectivity index (χ4v) is 4.09. The van der Waals surface area contributed by atoms with Crippen LogP contribution in [0.2, 0.25) is 0 Å². The summed E-state index contributed by atoms with van der Waals surface area (Å²) >= 11 is 0. The molecular formula is C22H31NO7. The Morgan fingerprint density at radius 3 is 2.40 bits per heavy atom. The molecule has 3 aliphatic rings. The number of hydrogen-bond donors (Lipinski definition) is 1. The van der Waals surface area contributed by atoms with Gasteiger partial charge in [0.05, 0.1) is 6.61 Å². The Balaban J connectivity index is 1.24. The van der Waals surface area contributed by atoms with E-state index in [1.165, 1.54) is 0 Å². The largest absolute Gasteiger partial charge is 0.379 e. The van der Waals surface area contributed by atoms with Crippen LogP contribution in [0.3, 0.4) is 0 Å². The molecular weight excluding hydrogens is 390 g/mol. The number of carbonyl (C=O) groups is 1. The number of carbonyl (C=O) groups excluding carboxylic acids is 1. The molecule has 8 nitrogen and oxygen atoms in total. The van der Waals surface area contributed by atoms with Crippen LogP contribution in [0.5, 0.6) is 0 Å². The molecule has 3 aliphatic heterocycles. The van der Waals surface area contributed by atoms with Gasteiger partial charge >= 0.3 is 0 Å². The molecule has 3 fully saturated rings. The van der Waals surface area contributed by atoms with Crippen LogP contribution in [0.1, 0.15) is 44.5 Å². The van der Waals surface area contributed by atoms with Crippen LogP contribution in [0.4, 0.5) is 0 Å². The summed E-state index contributed by atoms with van der Waals surface area (Å²) in [5.74, 6) is -1.54. The summed E-state index contributed by atoms with van der Waals surface area (Å²) in [6.45, 7) is 8.87. The highest BCUT2D eigenvalue weighted by molar-refractivity contribution is 5.94. The van der Waals surface area contributed by atoms with E-state index in [2.05, 4.69) is 5.32 Å². The smallest absolute Gasteiger partial charge is 0.251 e. The van der Waals surface area contributed by atoms with E-state index in [9.17, 15) is 4.79 Å². The van der Waals surface area contributed by atoms with E-state index >= 15 is 0 Å². The van der Waals surface area contributed by atoms with E-state index in [4.69, 9.17) is 28.4 Å². The highest BCUT2D eigenvalue weighted by Crippen LogP contribution is 2.44. The Labute approximate surface area is 177 Å². The van der Waals surface area contributed by atoms with Gasteiger partial charge in [-0.15, -0.1) is 0 Å². The van der Waals surface area contributed by atoms with Crippen LogP contribution in [0, 0.1) is 0 Å². The van der Waals surface area contributed by atoms with Gasteiger partial charge in [-0.3, -0.25) is 4.79 Å². The molecule has 30 heavy (non-hydrogen) atoms. The number of nitrogens with one attached hydrogen (secondary N) is 1. The Morgan fingerprint density at radius 2 is 1.63 bits per heavy atom. The van der Waals surface area contributed by atoms with Crippen molar-refractivity contribution in [2.75, 3.05) is 19.8 Å². The monoisotopic (exact) mass is 421 g/mol. The van der Waals surface area contributed by atoms with Crippen LogP contribution in [0.15, 0.2) is 30.3 Å². The minimum Gasteiger partial charge on any atom is -0.379 e. The lowest BCUT2D eigenvalue weighted by Crippen LogP contribution is -2.56. The molecule has 0 spiro atoms. The average molecular weight is 421 g/mol. The van der Waals surface area contributed by atoms with Crippen molar-refractivity contribution in [2.24, 2.45) is 0 Å². The first-order valence-electron chi connectivity index (χ1n) is 10.5. The summed E-state index contributed by atoms with van der Waals surface area (Å²) in [4.78, 5) is 12.0. The quantitative estimate of drug-likeness (QED) is 0.676. The second-order valence-electron chi connectivity index (χ2n) is 8.76. The molecule has 0 bridgehead atoms. The number of benzene rings is 1. The van der Waals surface area contributed by atoms with Crippen molar-refractivity contribution < 1.29 is 33.2 Å². The molecule has 1 aromatic rings. The molecule has 3 saturated heterocycles. The maximum absolute atomic E-state index is 12.0. The van der Waals surface area contributed by atoms with Gasteiger partial charge in [0.15, 0.2) is 17.9 Å². The van der Waals surface area contributed by atoms with Gasteiger partial charge in [-0.25, -0.2) is 0 Å². The topological polar surface area (TPSA) is 84.5 Å². The third-order valence-electron chi connectivity index (χ3n) is 5.32. The maximum atomic E-state index is 12.0. The molecule has 0 radical (unpaired) electrons. The number of hydrogen-bond acceptors (Lipinski definition) is 7. The van der Waals surface area contributed by atoms with E-state index in [1.807, 2.05) is 45.9 Å². The van der Waals surface area contributed by atoms with Gasteiger partial charge in [0.25, 0.3) is 5.91 Å².